The van der Waals surface area contributed by atoms with Crippen molar-refractivity contribution in [3.63, 3.8) is 0 Å². The minimum absolute atomic E-state index is 0.488. The summed E-state index contributed by atoms with van der Waals surface area (Å²) >= 11 is 0. The average molecular weight is 129 g/mol. The fourth-order valence-corrected chi connectivity index (χ4v) is 0.606. The van der Waals surface area contributed by atoms with Gasteiger partial charge in [-0.15, -0.1) is 0 Å². The Kier molecular flexibility index (Phi) is 1.25. The minimum atomic E-state index is -2.00. The summed E-state index contributed by atoms with van der Waals surface area (Å²) < 4.78 is 12.6. The van der Waals surface area contributed by atoms with Crippen LogP contribution in [0.25, 0.3) is 0 Å². The molecule has 0 bridgehead atoms. The lowest BCUT2D eigenvalue weighted by atomic mass is 10.4. The number of halogens is 1. The van der Waals surface area contributed by atoms with Crippen LogP contribution < -0.4 is 11.1 Å². The van der Waals surface area contributed by atoms with E-state index in [2.05, 4.69) is 10.3 Å². The first-order chi connectivity index (χ1) is 4.10. The number of aliphatic imine (C=N–C) groups is 1. The summed E-state index contributed by atoms with van der Waals surface area (Å²) in [5.74, 6) is -1.52. The highest BCUT2D eigenvalue weighted by atomic mass is 19.1. The van der Waals surface area contributed by atoms with Gasteiger partial charge < -0.3 is 5.32 Å². The van der Waals surface area contributed by atoms with E-state index in [0.29, 0.717) is 5.84 Å². The molecule has 1 rings (SSSR count). The molecule has 1 aliphatic heterocycles. The zero-order chi connectivity index (χ0) is 6.91. The third-order valence-corrected chi connectivity index (χ3v) is 0.948. The van der Waals surface area contributed by atoms with Gasteiger partial charge in [-0.2, -0.15) is 4.39 Å². The van der Waals surface area contributed by atoms with Crippen molar-refractivity contribution in [3.8, 4) is 0 Å². The van der Waals surface area contributed by atoms with Crippen LogP contribution in [0.1, 0.15) is 6.92 Å². The molecule has 0 aromatic rings. The summed E-state index contributed by atoms with van der Waals surface area (Å²) in [5, 5.41) is 2.69. The molecule has 3 nitrogen and oxygen atoms in total. The lowest BCUT2D eigenvalue weighted by molar-refractivity contribution is 0.250. The summed E-state index contributed by atoms with van der Waals surface area (Å²) in [7, 11) is 0. The van der Waals surface area contributed by atoms with Gasteiger partial charge in [-0.3, -0.25) is 5.73 Å². The minimum Gasteiger partial charge on any atom is -0.351 e. The molecule has 1 aliphatic rings. The molecule has 1 unspecified atom stereocenters. The summed E-state index contributed by atoms with van der Waals surface area (Å²) in [6, 6.07) is 0. The Morgan fingerprint density at radius 3 is 2.89 bits per heavy atom. The topological polar surface area (TPSA) is 50.4 Å². The van der Waals surface area contributed by atoms with E-state index in [-0.39, 0.29) is 0 Å². The Morgan fingerprint density at radius 1 is 1.89 bits per heavy atom. The largest absolute Gasteiger partial charge is 0.351 e. The van der Waals surface area contributed by atoms with Crippen molar-refractivity contribution in [1.29, 1.82) is 0 Å². The van der Waals surface area contributed by atoms with E-state index in [4.69, 9.17) is 5.73 Å². The van der Waals surface area contributed by atoms with Crippen LogP contribution >= 0.6 is 0 Å². The Morgan fingerprint density at radius 2 is 2.56 bits per heavy atom. The van der Waals surface area contributed by atoms with Crippen LogP contribution in [0.3, 0.4) is 0 Å². The molecule has 0 amide bonds. The van der Waals surface area contributed by atoms with Crippen molar-refractivity contribution in [2.75, 3.05) is 0 Å². The molecule has 3 N–H and O–H groups in total. The van der Waals surface area contributed by atoms with Crippen molar-refractivity contribution >= 4 is 5.84 Å². The standard InChI is InChI=1S/C5H8FN3/c1-4-8-3-2-5(6,7)9-4/h2-3H,7H2,1H3,(H,8,9). The van der Waals surface area contributed by atoms with Crippen LogP contribution in [0.2, 0.25) is 0 Å². The molecule has 1 atom stereocenters. The first kappa shape index (κ1) is 6.22. The SMILES string of the molecule is CC1=NC(N)(F)C=CN1. The predicted molar refractivity (Wildman–Crippen MR) is 33.4 cm³/mol. The molecule has 0 aromatic heterocycles. The van der Waals surface area contributed by atoms with Crippen molar-refractivity contribution < 1.29 is 4.39 Å². The van der Waals surface area contributed by atoms with Crippen molar-refractivity contribution in [1.82, 2.24) is 5.32 Å². The van der Waals surface area contributed by atoms with Crippen molar-refractivity contribution in [3.05, 3.63) is 12.3 Å². The summed E-state index contributed by atoms with van der Waals surface area (Å²) in [6.07, 6.45) is 2.59. The average Bonchev–Trinajstić information content (AvgIpc) is 1.60. The van der Waals surface area contributed by atoms with Gasteiger partial charge in [0.05, 0.1) is 0 Å². The van der Waals surface area contributed by atoms with E-state index in [0.717, 1.165) is 6.08 Å². The second-order valence-electron chi connectivity index (χ2n) is 1.90. The van der Waals surface area contributed by atoms with Gasteiger partial charge in [-0.1, -0.05) is 0 Å². The second kappa shape index (κ2) is 1.80. The van der Waals surface area contributed by atoms with E-state index in [1.807, 2.05) is 0 Å². The number of hydrogen-bond donors (Lipinski definition) is 2. The van der Waals surface area contributed by atoms with Gasteiger partial charge in [0, 0.05) is 12.3 Å². The number of hydrogen-bond acceptors (Lipinski definition) is 3. The maximum atomic E-state index is 12.6. The number of rotatable bonds is 0. The predicted octanol–water partition coefficient (Wildman–Crippen LogP) is 0.104. The van der Waals surface area contributed by atoms with Crippen LogP contribution in [-0.4, -0.2) is 11.8 Å². The number of nitrogens with one attached hydrogen (secondary N) is 1. The van der Waals surface area contributed by atoms with E-state index < -0.39 is 5.92 Å². The van der Waals surface area contributed by atoms with E-state index in [1.54, 1.807) is 6.92 Å². The highest BCUT2D eigenvalue weighted by molar-refractivity contribution is 5.81. The van der Waals surface area contributed by atoms with Crippen LogP contribution in [-0.2, 0) is 0 Å². The monoisotopic (exact) mass is 129 g/mol. The molecule has 0 spiro atoms. The van der Waals surface area contributed by atoms with Gasteiger partial charge in [-0.25, -0.2) is 4.99 Å². The number of nitrogens with two attached hydrogens (primary N) is 1. The van der Waals surface area contributed by atoms with Crippen LogP contribution in [0.4, 0.5) is 4.39 Å². The Hall–Kier alpha value is -0.900. The Bertz CT molecular complexity index is 171. The van der Waals surface area contributed by atoms with Crippen LogP contribution in [0.5, 0.6) is 0 Å². The van der Waals surface area contributed by atoms with Crippen LogP contribution in [0, 0.1) is 0 Å². The summed E-state index contributed by atoms with van der Waals surface area (Å²) in [5.41, 5.74) is 4.99. The summed E-state index contributed by atoms with van der Waals surface area (Å²) in [4.78, 5) is 3.44. The Labute approximate surface area is 52.5 Å². The molecule has 4 heteroatoms. The molecular formula is C5H8FN3. The Balaban J connectivity index is 2.78. The number of nitrogens with zero attached hydrogens (tertiary/aromatic N) is 1. The molecule has 1 heterocycles. The molecule has 0 radical (unpaired) electrons. The van der Waals surface area contributed by atoms with E-state index in [9.17, 15) is 4.39 Å². The zero-order valence-corrected chi connectivity index (χ0v) is 5.06. The molecule has 0 aliphatic carbocycles. The maximum absolute atomic E-state index is 12.6. The van der Waals surface area contributed by atoms with E-state index in [1.165, 1.54) is 6.20 Å². The third kappa shape index (κ3) is 1.50. The maximum Gasteiger partial charge on any atom is 0.275 e. The van der Waals surface area contributed by atoms with Gasteiger partial charge >= 0.3 is 0 Å². The fourth-order valence-electron chi connectivity index (χ4n) is 0.606. The zero-order valence-electron chi connectivity index (χ0n) is 5.06. The van der Waals surface area contributed by atoms with Crippen LogP contribution in [0.15, 0.2) is 17.3 Å². The fraction of sp³-hybridized carbons (Fsp3) is 0.400. The van der Waals surface area contributed by atoms with Gasteiger partial charge in [0.15, 0.2) is 0 Å². The number of amidine groups is 1. The third-order valence-electron chi connectivity index (χ3n) is 0.948. The first-order valence-corrected chi connectivity index (χ1v) is 2.59. The summed E-state index contributed by atoms with van der Waals surface area (Å²) in [6.45, 7) is 1.64. The van der Waals surface area contributed by atoms with Gasteiger partial charge in [0.25, 0.3) is 5.92 Å². The molecule has 9 heavy (non-hydrogen) atoms. The smallest absolute Gasteiger partial charge is 0.275 e. The highest BCUT2D eigenvalue weighted by Gasteiger charge is 2.19. The van der Waals surface area contributed by atoms with Gasteiger partial charge in [0.1, 0.15) is 5.84 Å². The molecule has 50 valence electrons. The van der Waals surface area contributed by atoms with E-state index >= 15 is 0 Å². The molecule has 0 saturated heterocycles. The molecule has 0 fully saturated rings. The lowest BCUT2D eigenvalue weighted by Gasteiger charge is -2.15. The molecule has 0 aromatic carbocycles. The normalized spacial score (nSPS) is 33.4. The lowest BCUT2D eigenvalue weighted by Crippen LogP contribution is -2.36. The first-order valence-electron chi connectivity index (χ1n) is 2.59. The quantitative estimate of drug-likeness (QED) is 0.456. The van der Waals surface area contributed by atoms with Gasteiger partial charge in [-0.05, 0) is 6.92 Å². The van der Waals surface area contributed by atoms with Crippen molar-refractivity contribution in [2.24, 2.45) is 10.7 Å². The molecule has 0 saturated carbocycles. The van der Waals surface area contributed by atoms with Crippen molar-refractivity contribution in [2.45, 2.75) is 12.8 Å². The number of alkyl halides is 1. The van der Waals surface area contributed by atoms with Gasteiger partial charge in [0.2, 0.25) is 0 Å². The second-order valence-corrected chi connectivity index (χ2v) is 1.90. The highest BCUT2D eigenvalue weighted by Crippen LogP contribution is 2.08. The molecular weight excluding hydrogens is 121 g/mol.